The molecule has 7 heteroatoms. The van der Waals surface area contributed by atoms with E-state index in [2.05, 4.69) is 27.3 Å². The van der Waals surface area contributed by atoms with Gasteiger partial charge in [0.25, 0.3) is 0 Å². The van der Waals surface area contributed by atoms with Crippen molar-refractivity contribution in [3.8, 4) is 0 Å². The average Bonchev–Trinajstić information content (AvgIpc) is 3.36. The number of thiophene rings is 1. The fourth-order valence-corrected chi connectivity index (χ4v) is 5.92. The average molecular weight is 523 g/mol. The predicted molar refractivity (Wildman–Crippen MR) is 145 cm³/mol. The van der Waals surface area contributed by atoms with Gasteiger partial charge in [-0.3, -0.25) is 4.90 Å². The highest BCUT2D eigenvalue weighted by Gasteiger charge is 2.21. The fraction of sp³-hybridized carbons (Fsp3) is 0.333. The first-order valence-corrected chi connectivity index (χ1v) is 13.7. The lowest BCUT2D eigenvalue weighted by molar-refractivity contribution is 0.0426. The second-order valence-corrected chi connectivity index (χ2v) is 10.4. The van der Waals surface area contributed by atoms with Crippen LogP contribution in [-0.2, 0) is 4.74 Å². The van der Waals surface area contributed by atoms with Crippen molar-refractivity contribution in [2.24, 2.45) is 0 Å². The Morgan fingerprint density at radius 2 is 1.35 bits per heavy atom. The predicted octanol–water partition coefficient (Wildman–Crippen LogP) is 6.03. The summed E-state index contributed by atoms with van der Waals surface area (Å²) in [5.41, 5.74) is 2.72. The number of fused-ring (bicyclic) bond motifs is 1. The van der Waals surface area contributed by atoms with Gasteiger partial charge in [0.1, 0.15) is 17.7 Å². The zero-order valence-electron chi connectivity index (χ0n) is 20.7. The third-order valence-electron chi connectivity index (χ3n) is 7.09. The van der Waals surface area contributed by atoms with Crippen molar-refractivity contribution in [1.29, 1.82) is 0 Å². The van der Waals surface area contributed by atoms with Gasteiger partial charge in [0, 0.05) is 44.0 Å². The van der Waals surface area contributed by atoms with Crippen molar-refractivity contribution in [3.63, 3.8) is 0 Å². The second kappa shape index (κ2) is 12.2. The van der Waals surface area contributed by atoms with Gasteiger partial charge in [-0.2, -0.15) is 0 Å². The number of hydrogen-bond donors (Lipinski definition) is 1. The zero-order chi connectivity index (χ0) is 25.6. The van der Waals surface area contributed by atoms with Crippen LogP contribution in [0.1, 0.15) is 35.3 Å². The van der Waals surface area contributed by atoms with Gasteiger partial charge in [0.15, 0.2) is 0 Å². The number of aliphatic hydroxyl groups is 1. The lowest BCUT2D eigenvalue weighted by Crippen LogP contribution is -2.47. The normalized spacial score (nSPS) is 16.0. The van der Waals surface area contributed by atoms with E-state index in [0.717, 1.165) is 67.8 Å². The van der Waals surface area contributed by atoms with E-state index in [0.29, 0.717) is 6.61 Å². The molecule has 1 aromatic heterocycles. The van der Waals surface area contributed by atoms with Crippen LogP contribution in [0.2, 0.25) is 0 Å². The smallest absolute Gasteiger partial charge is 0.123 e. The van der Waals surface area contributed by atoms with E-state index in [4.69, 9.17) is 4.74 Å². The van der Waals surface area contributed by atoms with Crippen molar-refractivity contribution in [2.45, 2.75) is 18.6 Å². The van der Waals surface area contributed by atoms with Gasteiger partial charge in [-0.05, 0) is 64.2 Å². The Labute approximate surface area is 220 Å². The number of benzene rings is 3. The molecule has 4 aromatic rings. The van der Waals surface area contributed by atoms with E-state index in [1.807, 2.05) is 12.1 Å². The van der Waals surface area contributed by atoms with Gasteiger partial charge in [0.2, 0.25) is 0 Å². The fourth-order valence-electron chi connectivity index (χ4n) is 4.91. The summed E-state index contributed by atoms with van der Waals surface area (Å²) in [5, 5.41) is 14.0. The van der Waals surface area contributed by atoms with Crippen molar-refractivity contribution < 1.29 is 18.6 Å². The summed E-state index contributed by atoms with van der Waals surface area (Å²) in [6.45, 7) is 5.97. The van der Waals surface area contributed by atoms with Gasteiger partial charge in [-0.1, -0.05) is 42.5 Å². The number of nitrogens with zero attached hydrogens (tertiary/aromatic N) is 2. The lowest BCUT2D eigenvalue weighted by atomic mass is 10.0. The molecule has 194 valence electrons. The summed E-state index contributed by atoms with van der Waals surface area (Å²) in [6, 6.07) is 20.8. The maximum atomic E-state index is 13.5. The molecule has 1 fully saturated rings. The maximum absolute atomic E-state index is 13.5. The van der Waals surface area contributed by atoms with Gasteiger partial charge in [0.05, 0.1) is 12.7 Å². The summed E-state index contributed by atoms with van der Waals surface area (Å²) in [6.07, 6.45) is -0.101. The summed E-state index contributed by atoms with van der Waals surface area (Å²) in [7, 11) is 0. The van der Waals surface area contributed by atoms with Crippen LogP contribution in [0, 0.1) is 11.6 Å². The van der Waals surface area contributed by atoms with E-state index in [9.17, 15) is 13.9 Å². The molecule has 1 unspecified atom stereocenters. The van der Waals surface area contributed by atoms with Crippen LogP contribution in [0.15, 0.2) is 78.2 Å². The molecule has 4 nitrogen and oxygen atoms in total. The molecule has 37 heavy (non-hydrogen) atoms. The Morgan fingerprint density at radius 1 is 0.784 bits per heavy atom. The zero-order valence-corrected chi connectivity index (χ0v) is 21.5. The molecule has 2 heterocycles. The number of aliphatic hydroxyl groups excluding tert-OH is 1. The van der Waals surface area contributed by atoms with Crippen LogP contribution >= 0.6 is 11.3 Å². The van der Waals surface area contributed by atoms with Crippen molar-refractivity contribution in [3.05, 3.63) is 107 Å². The van der Waals surface area contributed by atoms with Crippen molar-refractivity contribution in [2.75, 3.05) is 45.9 Å². The third-order valence-corrected chi connectivity index (χ3v) is 8.07. The van der Waals surface area contributed by atoms with Crippen molar-refractivity contribution >= 4 is 21.4 Å². The third kappa shape index (κ3) is 6.61. The van der Waals surface area contributed by atoms with Crippen LogP contribution in [-0.4, -0.2) is 60.8 Å². The van der Waals surface area contributed by atoms with Crippen LogP contribution in [0.3, 0.4) is 0 Å². The highest BCUT2D eigenvalue weighted by atomic mass is 32.1. The first-order chi connectivity index (χ1) is 18.1. The van der Waals surface area contributed by atoms with Gasteiger partial charge in [-0.15, -0.1) is 11.3 Å². The summed E-state index contributed by atoms with van der Waals surface area (Å²) in [5.74, 6) is -0.591. The Kier molecular flexibility index (Phi) is 8.59. The highest BCUT2D eigenvalue weighted by molar-refractivity contribution is 7.17. The molecule has 3 aromatic carbocycles. The van der Waals surface area contributed by atoms with Crippen LogP contribution in [0.5, 0.6) is 0 Å². The minimum Gasteiger partial charge on any atom is -0.388 e. The summed E-state index contributed by atoms with van der Waals surface area (Å²) >= 11 is 1.69. The molecule has 5 rings (SSSR count). The SMILES string of the molecule is OC(CCN1CCN(CCOC(c2ccc(F)cc2)c2ccc(F)cc2)CC1)c1csc2ccccc12. The summed E-state index contributed by atoms with van der Waals surface area (Å²) in [4.78, 5) is 4.79. The largest absolute Gasteiger partial charge is 0.388 e. The molecular formula is C30H32F2N2O2S. The highest BCUT2D eigenvalue weighted by Crippen LogP contribution is 2.32. The summed E-state index contributed by atoms with van der Waals surface area (Å²) < 4.78 is 34.4. The first kappa shape index (κ1) is 25.9. The van der Waals surface area contributed by atoms with E-state index < -0.39 is 6.10 Å². The van der Waals surface area contributed by atoms with Gasteiger partial charge in [-0.25, -0.2) is 8.78 Å². The molecule has 0 radical (unpaired) electrons. The number of rotatable bonds is 10. The molecule has 0 bridgehead atoms. The Balaban J connectivity index is 1.09. The van der Waals surface area contributed by atoms with E-state index >= 15 is 0 Å². The second-order valence-electron chi connectivity index (χ2n) is 9.53. The molecule has 1 N–H and O–H groups in total. The van der Waals surface area contributed by atoms with Gasteiger partial charge < -0.3 is 14.7 Å². The molecule has 0 saturated carbocycles. The quantitative estimate of drug-likeness (QED) is 0.276. The molecule has 1 aliphatic heterocycles. The van der Waals surface area contributed by atoms with Crippen LogP contribution < -0.4 is 0 Å². The van der Waals surface area contributed by atoms with E-state index in [1.165, 1.54) is 29.0 Å². The number of hydrogen-bond acceptors (Lipinski definition) is 5. The molecule has 0 spiro atoms. The number of ether oxygens (including phenoxy) is 1. The molecule has 0 amide bonds. The van der Waals surface area contributed by atoms with E-state index in [-0.39, 0.29) is 17.7 Å². The Hall–Kier alpha value is -2.68. The van der Waals surface area contributed by atoms with Gasteiger partial charge >= 0.3 is 0 Å². The Morgan fingerprint density at radius 3 is 1.97 bits per heavy atom. The minimum atomic E-state index is -0.447. The van der Waals surface area contributed by atoms with Crippen LogP contribution in [0.25, 0.3) is 10.1 Å². The molecular weight excluding hydrogens is 490 g/mol. The number of piperazine rings is 1. The standard InChI is InChI=1S/C30H32F2N2O2S/c31-24-9-5-22(6-10-24)30(23-7-11-25(32)12-8-23)36-20-19-34-17-15-33(16-18-34)14-13-28(35)27-21-37-29-4-2-1-3-26(27)29/h1-12,21,28,30,35H,13-20H2. The first-order valence-electron chi connectivity index (χ1n) is 12.8. The topological polar surface area (TPSA) is 35.9 Å². The molecule has 1 aliphatic rings. The maximum Gasteiger partial charge on any atom is 0.123 e. The Bertz CT molecular complexity index is 1230. The molecule has 1 saturated heterocycles. The van der Waals surface area contributed by atoms with Crippen LogP contribution in [0.4, 0.5) is 8.78 Å². The number of halogens is 2. The molecule has 0 aliphatic carbocycles. The monoisotopic (exact) mass is 522 g/mol. The van der Waals surface area contributed by atoms with Crippen molar-refractivity contribution in [1.82, 2.24) is 9.80 Å². The molecule has 1 atom stereocenters. The van der Waals surface area contributed by atoms with E-state index in [1.54, 1.807) is 35.6 Å². The lowest BCUT2D eigenvalue weighted by Gasteiger charge is -2.35. The minimum absolute atomic E-state index is 0.296.